The van der Waals surface area contributed by atoms with Crippen LogP contribution in [-0.4, -0.2) is 5.78 Å². The van der Waals surface area contributed by atoms with Gasteiger partial charge in [-0.05, 0) is 58.5 Å². The van der Waals surface area contributed by atoms with E-state index in [9.17, 15) is 4.79 Å². The summed E-state index contributed by atoms with van der Waals surface area (Å²) in [6.07, 6.45) is 3.63. The summed E-state index contributed by atoms with van der Waals surface area (Å²) in [6, 6.07) is 13.3. The minimum atomic E-state index is 0.0658. The molecule has 0 radical (unpaired) electrons. The van der Waals surface area contributed by atoms with Crippen LogP contribution in [0.15, 0.2) is 46.9 Å². The number of halogens is 2. The van der Waals surface area contributed by atoms with Crippen LogP contribution in [0.25, 0.3) is 0 Å². The third-order valence-corrected chi connectivity index (χ3v) is 4.82. The van der Waals surface area contributed by atoms with Gasteiger partial charge in [0.1, 0.15) is 0 Å². The molecule has 1 aliphatic carbocycles. The van der Waals surface area contributed by atoms with Crippen LogP contribution in [0.3, 0.4) is 0 Å². The summed E-state index contributed by atoms with van der Waals surface area (Å²) in [4.78, 5) is 12.8. The van der Waals surface area contributed by atoms with Crippen LogP contribution in [0, 0.1) is 0 Å². The van der Waals surface area contributed by atoms with Gasteiger partial charge in [-0.3, -0.25) is 4.79 Å². The maximum Gasteiger partial charge on any atom is 0.194 e. The Labute approximate surface area is 132 Å². The molecule has 0 unspecified atom stereocenters. The van der Waals surface area contributed by atoms with E-state index in [1.54, 1.807) is 18.2 Å². The zero-order chi connectivity index (χ0) is 14.1. The fourth-order valence-electron chi connectivity index (χ4n) is 2.60. The normalized spacial score (nSPS) is 14.9. The van der Waals surface area contributed by atoms with Crippen LogP contribution in [0.5, 0.6) is 0 Å². The highest BCUT2D eigenvalue weighted by molar-refractivity contribution is 9.10. The molecule has 0 aliphatic heterocycles. The van der Waals surface area contributed by atoms with Gasteiger partial charge in [-0.1, -0.05) is 42.3 Å². The first kappa shape index (κ1) is 13.8. The van der Waals surface area contributed by atoms with Gasteiger partial charge in [-0.2, -0.15) is 0 Å². The predicted octanol–water partition coefficient (Wildman–Crippen LogP) is 5.60. The molecule has 1 aliphatic rings. The van der Waals surface area contributed by atoms with Crippen LogP contribution in [-0.2, 0) is 0 Å². The molecule has 1 fully saturated rings. The average Bonchev–Trinajstić information content (AvgIpc) is 2.37. The van der Waals surface area contributed by atoms with Crippen molar-refractivity contribution in [2.45, 2.75) is 25.2 Å². The smallest absolute Gasteiger partial charge is 0.194 e. The third-order valence-electron chi connectivity index (χ3n) is 3.93. The standard InChI is InChI=1S/C17H14BrClO/c18-16-10-12(19)8-9-15(16)17(20)14-7-2-1-6-13(14)11-4-3-5-11/h1-2,6-11H,3-5H2. The second kappa shape index (κ2) is 5.71. The van der Waals surface area contributed by atoms with E-state index in [0.717, 1.165) is 10.0 Å². The van der Waals surface area contributed by atoms with E-state index in [2.05, 4.69) is 22.0 Å². The van der Waals surface area contributed by atoms with Crippen molar-refractivity contribution in [1.82, 2.24) is 0 Å². The molecule has 0 bridgehead atoms. The summed E-state index contributed by atoms with van der Waals surface area (Å²) in [7, 11) is 0. The predicted molar refractivity (Wildman–Crippen MR) is 85.6 cm³/mol. The summed E-state index contributed by atoms with van der Waals surface area (Å²) in [6.45, 7) is 0. The number of carbonyl (C=O) groups excluding carboxylic acids is 1. The second-order valence-corrected chi connectivity index (χ2v) is 6.46. The molecule has 2 aromatic rings. The Morgan fingerprint density at radius 3 is 2.50 bits per heavy atom. The average molecular weight is 350 g/mol. The van der Waals surface area contributed by atoms with Gasteiger partial charge in [-0.25, -0.2) is 0 Å². The van der Waals surface area contributed by atoms with Crippen molar-refractivity contribution in [3.8, 4) is 0 Å². The molecule has 0 atom stereocenters. The molecule has 1 saturated carbocycles. The molecule has 3 heteroatoms. The van der Waals surface area contributed by atoms with Gasteiger partial charge in [0.15, 0.2) is 5.78 Å². The Morgan fingerprint density at radius 1 is 1.10 bits per heavy atom. The fourth-order valence-corrected chi connectivity index (χ4v) is 3.46. The van der Waals surface area contributed by atoms with Crippen molar-refractivity contribution < 1.29 is 4.79 Å². The van der Waals surface area contributed by atoms with E-state index in [4.69, 9.17) is 11.6 Å². The van der Waals surface area contributed by atoms with Crippen molar-refractivity contribution in [2.24, 2.45) is 0 Å². The van der Waals surface area contributed by atoms with Gasteiger partial charge in [0.05, 0.1) is 0 Å². The summed E-state index contributed by atoms with van der Waals surface area (Å²) in [5.41, 5.74) is 2.67. The Kier molecular flexibility index (Phi) is 3.95. The van der Waals surface area contributed by atoms with Gasteiger partial charge in [0.25, 0.3) is 0 Å². The fraction of sp³-hybridized carbons (Fsp3) is 0.235. The lowest BCUT2D eigenvalue weighted by molar-refractivity contribution is 0.103. The summed E-state index contributed by atoms with van der Waals surface area (Å²) < 4.78 is 0.749. The number of benzene rings is 2. The van der Waals surface area contributed by atoms with E-state index in [1.807, 2.05) is 18.2 Å². The molecule has 3 rings (SSSR count). The molecule has 102 valence electrons. The quantitative estimate of drug-likeness (QED) is 0.659. The molecule has 20 heavy (non-hydrogen) atoms. The Bertz CT molecular complexity index is 662. The molecule has 1 nitrogen and oxygen atoms in total. The second-order valence-electron chi connectivity index (χ2n) is 5.17. The molecule has 0 amide bonds. The number of hydrogen-bond acceptors (Lipinski definition) is 1. The highest BCUT2D eigenvalue weighted by Gasteiger charge is 2.25. The van der Waals surface area contributed by atoms with Gasteiger partial charge < -0.3 is 0 Å². The van der Waals surface area contributed by atoms with Crippen molar-refractivity contribution in [1.29, 1.82) is 0 Å². The minimum absolute atomic E-state index is 0.0658. The number of carbonyl (C=O) groups is 1. The third kappa shape index (κ3) is 2.55. The maximum atomic E-state index is 12.8. The van der Waals surface area contributed by atoms with Crippen LogP contribution in [0.2, 0.25) is 5.02 Å². The number of rotatable bonds is 3. The summed E-state index contributed by atoms with van der Waals surface area (Å²) in [5.74, 6) is 0.609. The van der Waals surface area contributed by atoms with Crippen molar-refractivity contribution >= 4 is 33.3 Å². The molecule has 0 spiro atoms. The van der Waals surface area contributed by atoms with Crippen LogP contribution >= 0.6 is 27.5 Å². The first-order chi connectivity index (χ1) is 9.66. The minimum Gasteiger partial charge on any atom is -0.289 e. The molecular formula is C17H14BrClO. The van der Waals surface area contributed by atoms with E-state index in [-0.39, 0.29) is 5.78 Å². The van der Waals surface area contributed by atoms with Gasteiger partial charge >= 0.3 is 0 Å². The number of hydrogen-bond donors (Lipinski definition) is 0. The Morgan fingerprint density at radius 2 is 1.85 bits per heavy atom. The molecular weight excluding hydrogens is 336 g/mol. The lowest BCUT2D eigenvalue weighted by Crippen LogP contribution is -2.14. The lowest BCUT2D eigenvalue weighted by atomic mass is 9.77. The molecule has 0 saturated heterocycles. The first-order valence-electron chi connectivity index (χ1n) is 6.75. The van der Waals surface area contributed by atoms with Crippen LogP contribution < -0.4 is 0 Å². The van der Waals surface area contributed by atoms with Gasteiger partial charge in [0.2, 0.25) is 0 Å². The van der Waals surface area contributed by atoms with E-state index in [1.165, 1.54) is 24.8 Å². The topological polar surface area (TPSA) is 17.1 Å². The van der Waals surface area contributed by atoms with Gasteiger partial charge in [-0.15, -0.1) is 0 Å². The van der Waals surface area contributed by atoms with Crippen LogP contribution in [0.1, 0.15) is 46.7 Å². The SMILES string of the molecule is O=C(c1ccc(Cl)cc1Br)c1ccccc1C1CCC1. The zero-order valence-corrected chi connectivity index (χ0v) is 13.2. The van der Waals surface area contributed by atoms with Gasteiger partial charge in [0, 0.05) is 20.6 Å². The molecule has 2 aromatic carbocycles. The Hall–Kier alpha value is -1.12. The van der Waals surface area contributed by atoms with E-state index < -0.39 is 0 Å². The largest absolute Gasteiger partial charge is 0.289 e. The molecule has 0 aromatic heterocycles. The number of ketones is 1. The highest BCUT2D eigenvalue weighted by Crippen LogP contribution is 2.38. The van der Waals surface area contributed by atoms with Crippen molar-refractivity contribution in [3.63, 3.8) is 0 Å². The zero-order valence-electron chi connectivity index (χ0n) is 10.9. The summed E-state index contributed by atoms with van der Waals surface area (Å²) in [5, 5.41) is 0.626. The van der Waals surface area contributed by atoms with E-state index >= 15 is 0 Å². The molecule has 0 heterocycles. The van der Waals surface area contributed by atoms with E-state index in [0.29, 0.717) is 16.5 Å². The highest BCUT2D eigenvalue weighted by atomic mass is 79.9. The lowest BCUT2D eigenvalue weighted by Gasteiger charge is -2.27. The Balaban J connectivity index is 2.02. The molecule has 0 N–H and O–H groups in total. The van der Waals surface area contributed by atoms with Crippen molar-refractivity contribution in [3.05, 3.63) is 68.7 Å². The first-order valence-corrected chi connectivity index (χ1v) is 7.92. The monoisotopic (exact) mass is 348 g/mol. The van der Waals surface area contributed by atoms with Crippen LogP contribution in [0.4, 0.5) is 0 Å². The van der Waals surface area contributed by atoms with Crippen molar-refractivity contribution in [2.75, 3.05) is 0 Å². The maximum absolute atomic E-state index is 12.8. The summed E-state index contributed by atoms with van der Waals surface area (Å²) >= 11 is 9.37.